The molecule has 0 saturated heterocycles. The van der Waals surface area contributed by atoms with Crippen molar-refractivity contribution in [1.29, 1.82) is 0 Å². The third-order valence-electron chi connectivity index (χ3n) is 8.02. The fourth-order valence-electron chi connectivity index (χ4n) is 5.95. The molecule has 2 nitrogen and oxygen atoms in total. The van der Waals surface area contributed by atoms with E-state index in [2.05, 4.69) is 135 Å². The summed E-state index contributed by atoms with van der Waals surface area (Å²) in [6.07, 6.45) is 27.8. The summed E-state index contributed by atoms with van der Waals surface area (Å²) in [6.45, 7) is 21.3. The molecule has 0 bridgehead atoms. The van der Waals surface area contributed by atoms with Crippen LogP contribution in [0.3, 0.4) is 0 Å². The van der Waals surface area contributed by atoms with E-state index in [0.717, 1.165) is 36.8 Å². The Labute approximate surface area is 257 Å². The van der Waals surface area contributed by atoms with Crippen molar-refractivity contribution in [2.24, 2.45) is 10.8 Å². The zero-order valence-corrected chi connectivity index (χ0v) is 27.8. The van der Waals surface area contributed by atoms with Gasteiger partial charge < -0.3 is 10.2 Å². The average Bonchev–Trinajstić information content (AvgIpc) is 2.84. The van der Waals surface area contributed by atoms with Crippen LogP contribution in [0, 0.1) is 22.7 Å². The largest absolute Gasteiger partial charge is 0.393 e. The second-order valence-electron chi connectivity index (χ2n) is 13.5. The maximum atomic E-state index is 10.1. The van der Waals surface area contributed by atoms with E-state index in [9.17, 15) is 10.2 Å². The van der Waals surface area contributed by atoms with Gasteiger partial charge in [0.2, 0.25) is 0 Å². The van der Waals surface area contributed by atoms with Crippen LogP contribution >= 0.6 is 0 Å². The third kappa shape index (κ3) is 11.6. The van der Waals surface area contributed by atoms with Gasteiger partial charge in [0, 0.05) is 11.0 Å². The van der Waals surface area contributed by atoms with Gasteiger partial charge in [-0.05, 0) is 83.8 Å². The monoisotopic (exact) mass is 566 g/mol. The maximum Gasteiger partial charge on any atom is 0.0586 e. The van der Waals surface area contributed by atoms with Crippen molar-refractivity contribution in [3.63, 3.8) is 0 Å². The van der Waals surface area contributed by atoms with Crippen molar-refractivity contribution in [2.75, 3.05) is 0 Å². The van der Waals surface area contributed by atoms with E-state index in [-0.39, 0.29) is 23.0 Å². The highest BCUT2D eigenvalue weighted by molar-refractivity contribution is 5.45. The standard InChI is InChI=1S/C40H54O2/c1-29(17-13-19-31(3)21-23-37-33(5)25-35(41)27-39(37,7)8)15-11-12-16-30(2)18-14-20-32(4)22-24-38-34(6)26-36(42)28-40(38,9)10/h11-21,23,35-36,41-42H,25-28H2,1-10H3/b12-11+,17-13-,18-14+,23-21+,29-15+,30-16+,31-19+,32-20+/t35-,36-/m0/s1. The molecule has 2 rings (SSSR count). The summed E-state index contributed by atoms with van der Waals surface area (Å²) in [5.74, 6) is 6.68. The van der Waals surface area contributed by atoms with Crippen molar-refractivity contribution >= 4 is 0 Å². The maximum absolute atomic E-state index is 10.1. The molecule has 0 radical (unpaired) electrons. The quantitative estimate of drug-likeness (QED) is 0.227. The summed E-state index contributed by atoms with van der Waals surface area (Å²) >= 11 is 0. The van der Waals surface area contributed by atoms with Gasteiger partial charge in [-0.3, -0.25) is 0 Å². The molecular weight excluding hydrogens is 512 g/mol. The molecule has 0 aromatic heterocycles. The number of aliphatic hydroxyl groups excluding tert-OH is 2. The normalized spacial score (nSPS) is 24.5. The summed E-state index contributed by atoms with van der Waals surface area (Å²) in [5.41, 5.74) is 9.48. The predicted molar refractivity (Wildman–Crippen MR) is 183 cm³/mol. The van der Waals surface area contributed by atoms with Crippen LogP contribution in [0.15, 0.2) is 117 Å². The van der Waals surface area contributed by atoms with Gasteiger partial charge in [-0.25, -0.2) is 0 Å². The predicted octanol–water partition coefficient (Wildman–Crippen LogP) is 9.99. The van der Waals surface area contributed by atoms with Gasteiger partial charge in [-0.15, -0.1) is 0 Å². The van der Waals surface area contributed by atoms with Crippen molar-refractivity contribution in [3.05, 3.63) is 117 Å². The first-order valence-electron chi connectivity index (χ1n) is 15.3. The van der Waals surface area contributed by atoms with Gasteiger partial charge >= 0.3 is 0 Å². The van der Waals surface area contributed by atoms with Crippen LogP contribution in [-0.4, -0.2) is 22.4 Å². The van der Waals surface area contributed by atoms with Gasteiger partial charge in [0.05, 0.1) is 12.2 Å². The number of allylic oxidation sites excluding steroid dienone is 18. The molecule has 0 fully saturated rings. The highest BCUT2D eigenvalue weighted by atomic mass is 16.3. The number of hydrogen-bond acceptors (Lipinski definition) is 2. The highest BCUT2D eigenvalue weighted by Crippen LogP contribution is 2.41. The zero-order valence-electron chi connectivity index (χ0n) is 27.8. The topological polar surface area (TPSA) is 40.5 Å². The summed E-state index contributed by atoms with van der Waals surface area (Å²) in [4.78, 5) is 0. The lowest BCUT2D eigenvalue weighted by Gasteiger charge is -2.35. The van der Waals surface area contributed by atoms with Gasteiger partial charge in [0.25, 0.3) is 0 Å². The lowest BCUT2D eigenvalue weighted by Crippen LogP contribution is -2.28. The number of aliphatic hydroxyl groups is 2. The molecule has 2 heteroatoms. The molecule has 2 N–H and O–H groups in total. The van der Waals surface area contributed by atoms with Crippen LogP contribution in [0.1, 0.15) is 94.9 Å². The van der Waals surface area contributed by atoms with E-state index in [1.54, 1.807) is 0 Å². The Morgan fingerprint density at radius 2 is 1.14 bits per heavy atom. The minimum atomic E-state index is -0.260. The fraction of sp³-hybridized carbons (Fsp3) is 0.450. The molecule has 0 unspecified atom stereocenters. The van der Waals surface area contributed by atoms with Crippen molar-refractivity contribution in [3.8, 4) is 11.8 Å². The molecular formula is C40H54O2. The lowest BCUT2D eigenvalue weighted by molar-refractivity contribution is 0.116. The minimum absolute atomic E-state index is 0.00283. The fourth-order valence-corrected chi connectivity index (χ4v) is 5.95. The van der Waals surface area contributed by atoms with Crippen LogP contribution in [0.25, 0.3) is 0 Å². The molecule has 226 valence electrons. The number of hydrogen-bond donors (Lipinski definition) is 2. The van der Waals surface area contributed by atoms with Crippen LogP contribution in [0.2, 0.25) is 0 Å². The van der Waals surface area contributed by atoms with Gasteiger partial charge in [-0.1, -0.05) is 140 Å². The van der Waals surface area contributed by atoms with Gasteiger partial charge in [-0.2, -0.15) is 0 Å². The van der Waals surface area contributed by atoms with E-state index >= 15 is 0 Å². The van der Waals surface area contributed by atoms with E-state index in [1.165, 1.54) is 33.4 Å². The van der Waals surface area contributed by atoms with E-state index in [4.69, 9.17) is 0 Å². The Morgan fingerprint density at radius 1 is 0.667 bits per heavy atom. The molecule has 0 aliphatic heterocycles. The smallest absolute Gasteiger partial charge is 0.0586 e. The molecule has 0 aromatic rings. The second-order valence-corrected chi connectivity index (χ2v) is 13.5. The van der Waals surface area contributed by atoms with Gasteiger partial charge in [0.15, 0.2) is 0 Å². The van der Waals surface area contributed by atoms with Crippen LogP contribution in [0.4, 0.5) is 0 Å². The molecule has 2 aliphatic rings. The zero-order chi connectivity index (χ0) is 31.5. The van der Waals surface area contributed by atoms with E-state index in [0.29, 0.717) is 0 Å². The molecule has 2 atom stereocenters. The summed E-state index contributed by atoms with van der Waals surface area (Å²) in [6, 6.07) is 0. The summed E-state index contributed by atoms with van der Waals surface area (Å²) < 4.78 is 0. The van der Waals surface area contributed by atoms with E-state index < -0.39 is 0 Å². The molecule has 0 saturated carbocycles. The Hall–Kier alpha value is -3.12. The highest BCUT2D eigenvalue weighted by Gasteiger charge is 2.32. The van der Waals surface area contributed by atoms with Crippen molar-refractivity contribution < 1.29 is 10.2 Å². The Kier molecular flexibility index (Phi) is 13.3. The van der Waals surface area contributed by atoms with Crippen LogP contribution in [0.5, 0.6) is 0 Å². The van der Waals surface area contributed by atoms with Crippen molar-refractivity contribution in [1.82, 2.24) is 0 Å². The lowest BCUT2D eigenvalue weighted by atomic mass is 9.71. The third-order valence-corrected chi connectivity index (χ3v) is 8.02. The molecule has 0 amide bonds. The first-order chi connectivity index (χ1) is 19.6. The summed E-state index contributed by atoms with van der Waals surface area (Å²) in [5, 5.41) is 20.2. The molecule has 0 heterocycles. The van der Waals surface area contributed by atoms with Crippen molar-refractivity contribution in [2.45, 2.75) is 107 Å². The molecule has 0 aromatic carbocycles. The first kappa shape index (κ1) is 35.1. The molecule has 0 spiro atoms. The molecule has 2 aliphatic carbocycles. The Bertz CT molecular complexity index is 1340. The minimum Gasteiger partial charge on any atom is -0.393 e. The SMILES string of the molecule is CC1=C(C#C/C(C)=C/C=C/C(C)=C/C=C/C=C(C)/C=C\C=C(C)\C=C\C2=C(C)C[C@H](O)CC2(C)C)C(C)(C)C[C@@H](O)C1. The Balaban J connectivity index is 1.92. The number of rotatable bonds is 8. The molecule has 42 heavy (non-hydrogen) atoms. The van der Waals surface area contributed by atoms with E-state index in [1.807, 2.05) is 19.1 Å². The summed E-state index contributed by atoms with van der Waals surface area (Å²) in [7, 11) is 0. The van der Waals surface area contributed by atoms with Crippen LogP contribution < -0.4 is 0 Å². The Morgan fingerprint density at radius 3 is 1.69 bits per heavy atom. The van der Waals surface area contributed by atoms with Crippen LogP contribution in [-0.2, 0) is 0 Å². The second kappa shape index (κ2) is 15.9. The first-order valence-corrected chi connectivity index (χ1v) is 15.3. The van der Waals surface area contributed by atoms with Gasteiger partial charge in [0.1, 0.15) is 0 Å². The average molecular weight is 567 g/mol.